The maximum atomic E-state index is 12.1. The van der Waals surface area contributed by atoms with Crippen molar-refractivity contribution in [2.75, 3.05) is 5.32 Å². The van der Waals surface area contributed by atoms with E-state index in [0.717, 1.165) is 10.9 Å². The summed E-state index contributed by atoms with van der Waals surface area (Å²) in [6.07, 6.45) is 1.80. The topological polar surface area (TPSA) is 88.0 Å². The molecule has 0 saturated carbocycles. The van der Waals surface area contributed by atoms with E-state index >= 15 is 0 Å². The lowest BCUT2D eigenvalue weighted by Gasteiger charge is -2.11. The number of carbonyl (C=O) groups excluding carboxylic acids is 1. The first-order valence-corrected chi connectivity index (χ1v) is 7.77. The van der Waals surface area contributed by atoms with Crippen molar-refractivity contribution in [3.63, 3.8) is 0 Å². The van der Waals surface area contributed by atoms with E-state index in [0.29, 0.717) is 11.1 Å². The first kappa shape index (κ1) is 14.5. The van der Waals surface area contributed by atoms with Crippen LogP contribution in [0.25, 0.3) is 10.8 Å². The maximum Gasteiger partial charge on any atom is 0.255 e. The van der Waals surface area contributed by atoms with Crippen molar-refractivity contribution in [2.45, 2.75) is 12.5 Å². The lowest BCUT2D eigenvalue weighted by molar-refractivity contribution is -0.116. The number of rotatable bonds is 4. The number of H-pyrrole nitrogens is 1. The van der Waals surface area contributed by atoms with Crippen molar-refractivity contribution in [3.05, 3.63) is 63.2 Å². The van der Waals surface area contributed by atoms with Gasteiger partial charge in [-0.1, -0.05) is 0 Å². The van der Waals surface area contributed by atoms with Crippen LogP contribution < -0.4 is 16.6 Å². The first-order chi connectivity index (χ1) is 10.6. The number of hydrogen-bond donors (Lipinski definition) is 3. The fraction of sp³-hybridized carbons (Fsp3) is 0.125. The molecule has 0 aliphatic rings. The number of nitrogens with one attached hydrogen (secondary N) is 2. The molecule has 1 aromatic carbocycles. The van der Waals surface area contributed by atoms with Crippen molar-refractivity contribution in [2.24, 2.45) is 5.73 Å². The summed E-state index contributed by atoms with van der Waals surface area (Å²) in [6.45, 7) is 0. The van der Waals surface area contributed by atoms with Crippen molar-refractivity contribution in [1.29, 1.82) is 0 Å². The van der Waals surface area contributed by atoms with Crippen molar-refractivity contribution < 1.29 is 4.79 Å². The molecule has 1 atom stereocenters. The lowest BCUT2D eigenvalue weighted by Crippen LogP contribution is -2.20. The second-order valence-electron chi connectivity index (χ2n) is 5.02. The largest absolute Gasteiger partial charge is 0.329 e. The van der Waals surface area contributed by atoms with Gasteiger partial charge < -0.3 is 16.0 Å². The molecular weight excluding hydrogens is 298 g/mol. The van der Waals surface area contributed by atoms with Crippen molar-refractivity contribution >= 4 is 33.7 Å². The molecule has 1 amide bonds. The number of carbonyl (C=O) groups is 1. The summed E-state index contributed by atoms with van der Waals surface area (Å²) in [7, 11) is 0. The maximum absolute atomic E-state index is 12.1. The van der Waals surface area contributed by atoms with Crippen LogP contribution in [0.5, 0.6) is 0 Å². The second-order valence-corrected chi connectivity index (χ2v) is 5.80. The van der Waals surface area contributed by atoms with Crippen LogP contribution in [-0.4, -0.2) is 10.9 Å². The normalized spacial score (nSPS) is 12.2. The molecule has 0 fully saturated rings. The number of pyridine rings is 1. The van der Waals surface area contributed by atoms with Crippen molar-refractivity contribution in [3.8, 4) is 0 Å². The van der Waals surface area contributed by atoms with Gasteiger partial charge in [0, 0.05) is 29.7 Å². The number of nitrogens with two attached hydrogens (primary N) is 1. The molecule has 0 bridgehead atoms. The van der Waals surface area contributed by atoms with E-state index in [-0.39, 0.29) is 23.9 Å². The molecule has 4 N–H and O–H groups in total. The monoisotopic (exact) mass is 313 g/mol. The molecule has 0 radical (unpaired) electrons. The Hall–Kier alpha value is -2.44. The Morgan fingerprint density at radius 2 is 2.18 bits per heavy atom. The first-order valence-electron chi connectivity index (χ1n) is 6.82. The molecule has 112 valence electrons. The van der Waals surface area contributed by atoms with E-state index in [1.165, 1.54) is 0 Å². The SMILES string of the molecule is N[C@H](CC(=O)Nc1ccc2c(=O)[nH]ccc2c1)c1ccsc1. The minimum absolute atomic E-state index is 0.144. The van der Waals surface area contributed by atoms with Gasteiger partial charge in [-0.25, -0.2) is 0 Å². The van der Waals surface area contributed by atoms with Crippen LogP contribution in [0.15, 0.2) is 52.1 Å². The number of hydrogen-bond acceptors (Lipinski definition) is 4. The van der Waals surface area contributed by atoms with Gasteiger partial charge in [-0.05, 0) is 52.0 Å². The Morgan fingerprint density at radius 1 is 1.32 bits per heavy atom. The molecule has 0 aliphatic heterocycles. The summed E-state index contributed by atoms with van der Waals surface area (Å²) in [5.74, 6) is -0.150. The van der Waals surface area contributed by atoms with Crippen LogP contribution in [0.4, 0.5) is 5.69 Å². The van der Waals surface area contributed by atoms with Gasteiger partial charge in [-0.15, -0.1) is 0 Å². The van der Waals surface area contributed by atoms with Crippen LogP contribution in [0, 0.1) is 0 Å². The number of thiophene rings is 1. The standard InChI is InChI=1S/C16H15N3O2S/c17-14(11-4-6-22-9-11)8-15(20)19-12-1-2-13-10(7-12)3-5-18-16(13)21/h1-7,9,14H,8,17H2,(H,18,21)(H,19,20)/t14-/m1/s1. The van der Waals surface area contributed by atoms with Crippen LogP contribution in [0.2, 0.25) is 0 Å². The predicted molar refractivity (Wildman–Crippen MR) is 89.1 cm³/mol. The molecule has 0 saturated heterocycles. The van der Waals surface area contributed by atoms with Gasteiger partial charge in [0.1, 0.15) is 0 Å². The average molecular weight is 313 g/mol. The van der Waals surface area contributed by atoms with Crippen LogP contribution in [0.1, 0.15) is 18.0 Å². The zero-order chi connectivity index (χ0) is 15.5. The van der Waals surface area contributed by atoms with Gasteiger partial charge in [-0.2, -0.15) is 11.3 Å². The quantitative estimate of drug-likeness (QED) is 0.692. The number of amides is 1. The molecule has 3 aromatic rings. The smallest absolute Gasteiger partial charge is 0.255 e. The fourth-order valence-corrected chi connectivity index (χ4v) is 3.01. The third-order valence-electron chi connectivity index (χ3n) is 3.43. The molecule has 6 heteroatoms. The molecule has 5 nitrogen and oxygen atoms in total. The summed E-state index contributed by atoms with van der Waals surface area (Å²) >= 11 is 1.56. The van der Waals surface area contributed by atoms with E-state index in [2.05, 4.69) is 10.3 Å². The lowest BCUT2D eigenvalue weighted by atomic mass is 10.1. The highest BCUT2D eigenvalue weighted by molar-refractivity contribution is 7.07. The van der Waals surface area contributed by atoms with Crippen LogP contribution >= 0.6 is 11.3 Å². The number of aromatic amines is 1. The third kappa shape index (κ3) is 3.08. The molecule has 0 spiro atoms. The summed E-state index contributed by atoms with van der Waals surface area (Å²) in [6, 6.07) is 8.59. The summed E-state index contributed by atoms with van der Waals surface area (Å²) < 4.78 is 0. The molecule has 22 heavy (non-hydrogen) atoms. The van der Waals surface area contributed by atoms with E-state index < -0.39 is 0 Å². The van der Waals surface area contributed by atoms with Gasteiger partial charge in [0.2, 0.25) is 5.91 Å². The van der Waals surface area contributed by atoms with Gasteiger partial charge in [0.05, 0.1) is 0 Å². The number of benzene rings is 1. The van der Waals surface area contributed by atoms with Gasteiger partial charge in [-0.3, -0.25) is 9.59 Å². The van der Waals surface area contributed by atoms with E-state index in [1.54, 1.807) is 41.8 Å². The zero-order valence-corrected chi connectivity index (χ0v) is 12.5. The molecular formula is C16H15N3O2S. The Bertz CT molecular complexity index is 855. The predicted octanol–water partition coefficient (Wildman–Crippen LogP) is 2.62. The minimum atomic E-state index is -0.311. The molecule has 2 heterocycles. The van der Waals surface area contributed by atoms with Gasteiger partial charge in [0.25, 0.3) is 5.56 Å². The van der Waals surface area contributed by atoms with Gasteiger partial charge >= 0.3 is 0 Å². The third-order valence-corrected chi connectivity index (χ3v) is 4.14. The molecule has 2 aromatic heterocycles. The Labute approximate surface area is 130 Å². The average Bonchev–Trinajstić information content (AvgIpc) is 3.01. The van der Waals surface area contributed by atoms with Gasteiger partial charge in [0.15, 0.2) is 0 Å². The number of aromatic nitrogens is 1. The second kappa shape index (κ2) is 6.13. The fourth-order valence-electron chi connectivity index (χ4n) is 2.29. The van der Waals surface area contributed by atoms with Crippen molar-refractivity contribution in [1.82, 2.24) is 4.98 Å². The van der Waals surface area contributed by atoms with E-state index in [1.807, 2.05) is 16.8 Å². The highest BCUT2D eigenvalue weighted by Gasteiger charge is 2.12. The van der Waals surface area contributed by atoms with E-state index in [4.69, 9.17) is 5.73 Å². The number of fused-ring (bicyclic) bond motifs is 1. The molecule has 0 aliphatic carbocycles. The molecule has 3 rings (SSSR count). The molecule has 0 unspecified atom stereocenters. The summed E-state index contributed by atoms with van der Waals surface area (Å²) in [4.78, 5) is 26.3. The van der Waals surface area contributed by atoms with Crippen LogP contribution in [0.3, 0.4) is 0 Å². The number of anilines is 1. The highest BCUT2D eigenvalue weighted by atomic mass is 32.1. The summed E-state index contributed by atoms with van der Waals surface area (Å²) in [5.41, 5.74) is 7.48. The van der Waals surface area contributed by atoms with Crippen LogP contribution in [-0.2, 0) is 4.79 Å². The Morgan fingerprint density at radius 3 is 2.95 bits per heavy atom. The Kier molecular flexibility index (Phi) is 4.04. The van der Waals surface area contributed by atoms with E-state index in [9.17, 15) is 9.59 Å². The highest BCUT2D eigenvalue weighted by Crippen LogP contribution is 2.19. The summed E-state index contributed by atoms with van der Waals surface area (Å²) in [5, 5.41) is 8.08. The zero-order valence-electron chi connectivity index (χ0n) is 11.7. The Balaban J connectivity index is 1.73. The minimum Gasteiger partial charge on any atom is -0.329 e.